The van der Waals surface area contributed by atoms with Crippen molar-refractivity contribution < 1.29 is 19.1 Å². The van der Waals surface area contributed by atoms with Gasteiger partial charge in [0.2, 0.25) is 0 Å². The summed E-state index contributed by atoms with van der Waals surface area (Å²) < 4.78 is 11.8. The SMILES string of the molecule is CC1(C)C2CCC1(C)C(OC(=O)CCCCC(=O)OC1CC3CCC1(C)C3(C)C)C2. The maximum Gasteiger partial charge on any atom is 0.306 e. The minimum atomic E-state index is -0.0969. The maximum atomic E-state index is 12.4. The molecule has 4 rings (SSSR count). The first kappa shape index (κ1) is 22.1. The summed E-state index contributed by atoms with van der Waals surface area (Å²) in [6, 6.07) is 0. The van der Waals surface area contributed by atoms with Crippen LogP contribution in [0.25, 0.3) is 0 Å². The summed E-state index contributed by atoms with van der Waals surface area (Å²) >= 11 is 0. The van der Waals surface area contributed by atoms with E-state index in [2.05, 4.69) is 41.5 Å². The molecule has 30 heavy (non-hydrogen) atoms. The monoisotopic (exact) mass is 418 g/mol. The molecule has 4 aliphatic rings. The molecular formula is C26H42O4. The highest BCUT2D eigenvalue weighted by molar-refractivity contribution is 5.71. The van der Waals surface area contributed by atoms with Gasteiger partial charge >= 0.3 is 11.9 Å². The summed E-state index contributed by atoms with van der Waals surface area (Å²) in [7, 11) is 0. The summed E-state index contributed by atoms with van der Waals surface area (Å²) in [5, 5.41) is 0. The number of carbonyl (C=O) groups excluding carboxylic acids is 2. The van der Waals surface area contributed by atoms with Crippen molar-refractivity contribution in [1.82, 2.24) is 0 Å². The smallest absolute Gasteiger partial charge is 0.306 e. The second kappa shape index (κ2) is 7.24. The summed E-state index contributed by atoms with van der Waals surface area (Å²) in [6.07, 6.45) is 9.19. The highest BCUT2D eigenvalue weighted by Crippen LogP contribution is 2.67. The van der Waals surface area contributed by atoms with Crippen LogP contribution in [0.3, 0.4) is 0 Å². The zero-order valence-corrected chi connectivity index (χ0v) is 20.0. The van der Waals surface area contributed by atoms with E-state index in [0.717, 1.165) is 25.7 Å². The van der Waals surface area contributed by atoms with Crippen LogP contribution in [-0.2, 0) is 19.1 Å². The second-order valence-electron chi connectivity index (χ2n) is 12.4. The fraction of sp³-hybridized carbons (Fsp3) is 0.923. The Kier molecular flexibility index (Phi) is 5.34. The average Bonchev–Trinajstić information content (AvgIpc) is 3.17. The van der Waals surface area contributed by atoms with Crippen molar-refractivity contribution in [3.8, 4) is 0 Å². The number of fused-ring (bicyclic) bond motifs is 4. The summed E-state index contributed by atoms with van der Waals surface area (Å²) in [5.74, 6) is 1.15. The Bertz CT molecular complexity index is 650. The number of rotatable bonds is 7. The Morgan fingerprint density at radius 1 is 0.700 bits per heavy atom. The van der Waals surface area contributed by atoms with Crippen molar-refractivity contribution in [3.63, 3.8) is 0 Å². The van der Waals surface area contributed by atoms with E-state index < -0.39 is 0 Å². The lowest BCUT2D eigenvalue weighted by Gasteiger charge is -2.38. The van der Waals surface area contributed by atoms with Gasteiger partial charge in [-0.15, -0.1) is 0 Å². The van der Waals surface area contributed by atoms with E-state index in [-0.39, 0.29) is 45.8 Å². The predicted octanol–water partition coefficient (Wildman–Crippen LogP) is 6.06. The first-order chi connectivity index (χ1) is 13.9. The molecule has 0 aromatic carbocycles. The minimum Gasteiger partial charge on any atom is -0.462 e. The Morgan fingerprint density at radius 3 is 1.33 bits per heavy atom. The van der Waals surface area contributed by atoms with Crippen molar-refractivity contribution in [2.45, 2.75) is 118 Å². The summed E-state index contributed by atoms with van der Waals surface area (Å²) in [4.78, 5) is 24.8. The molecule has 0 aromatic heterocycles. The molecular weight excluding hydrogens is 376 g/mol. The van der Waals surface area contributed by atoms with Crippen molar-refractivity contribution >= 4 is 11.9 Å². The van der Waals surface area contributed by atoms with Crippen LogP contribution in [0, 0.1) is 33.5 Å². The van der Waals surface area contributed by atoms with Crippen molar-refractivity contribution in [3.05, 3.63) is 0 Å². The highest BCUT2D eigenvalue weighted by atomic mass is 16.5. The molecule has 0 N–H and O–H groups in total. The Morgan fingerprint density at radius 2 is 1.07 bits per heavy atom. The lowest BCUT2D eigenvalue weighted by molar-refractivity contribution is -0.159. The Labute approximate surface area is 182 Å². The number of esters is 2. The molecule has 0 radical (unpaired) electrons. The van der Waals surface area contributed by atoms with Crippen LogP contribution in [0.4, 0.5) is 0 Å². The number of carbonyl (C=O) groups is 2. The van der Waals surface area contributed by atoms with Gasteiger partial charge in [-0.05, 0) is 74.0 Å². The summed E-state index contributed by atoms with van der Waals surface area (Å²) in [6.45, 7) is 13.9. The molecule has 0 heterocycles. The Hall–Kier alpha value is -1.06. The Balaban J connectivity index is 1.17. The standard InChI is InChI=1S/C26H42O4/c1-23(2)17-11-13-25(23,5)19(15-17)29-21(27)9-7-8-10-22(28)30-20-16-18-12-14-26(20,6)24(18,3)4/h17-20H,7-16H2,1-6H3. The number of hydrogen-bond donors (Lipinski definition) is 0. The van der Waals surface area contributed by atoms with Gasteiger partial charge in [0.25, 0.3) is 0 Å². The van der Waals surface area contributed by atoms with Crippen LogP contribution in [0.2, 0.25) is 0 Å². The van der Waals surface area contributed by atoms with Crippen LogP contribution < -0.4 is 0 Å². The third-order valence-electron chi connectivity index (χ3n) is 11.0. The van der Waals surface area contributed by atoms with Crippen LogP contribution >= 0.6 is 0 Å². The van der Waals surface area contributed by atoms with Crippen molar-refractivity contribution in [1.29, 1.82) is 0 Å². The molecule has 4 heteroatoms. The van der Waals surface area contributed by atoms with E-state index in [1.165, 1.54) is 12.8 Å². The lowest BCUT2D eigenvalue weighted by Crippen LogP contribution is -2.38. The second-order valence-corrected chi connectivity index (χ2v) is 12.4. The lowest BCUT2D eigenvalue weighted by atomic mass is 9.70. The van der Waals surface area contributed by atoms with E-state index in [4.69, 9.17) is 9.47 Å². The zero-order chi connectivity index (χ0) is 21.9. The third-order valence-corrected chi connectivity index (χ3v) is 11.0. The van der Waals surface area contributed by atoms with Crippen molar-refractivity contribution in [2.24, 2.45) is 33.5 Å². The van der Waals surface area contributed by atoms with Gasteiger partial charge in [0.05, 0.1) is 0 Å². The van der Waals surface area contributed by atoms with Gasteiger partial charge in [-0.2, -0.15) is 0 Å². The van der Waals surface area contributed by atoms with Crippen molar-refractivity contribution in [2.75, 3.05) is 0 Å². The van der Waals surface area contributed by atoms with E-state index in [1.54, 1.807) is 0 Å². The predicted molar refractivity (Wildman–Crippen MR) is 117 cm³/mol. The molecule has 4 bridgehead atoms. The zero-order valence-electron chi connectivity index (χ0n) is 20.0. The van der Waals surface area contributed by atoms with Crippen LogP contribution in [0.1, 0.15) is 106 Å². The molecule has 4 fully saturated rings. The molecule has 0 saturated heterocycles. The van der Waals surface area contributed by atoms with Crippen LogP contribution in [0.15, 0.2) is 0 Å². The molecule has 4 nitrogen and oxygen atoms in total. The number of hydrogen-bond acceptors (Lipinski definition) is 4. The normalized spacial score (nSPS) is 42.5. The molecule has 0 spiro atoms. The minimum absolute atomic E-state index is 0.0607. The number of unbranched alkanes of at least 4 members (excludes halogenated alkanes) is 1. The van der Waals surface area contributed by atoms with Crippen LogP contribution in [-0.4, -0.2) is 24.1 Å². The number of ether oxygens (including phenoxy) is 2. The van der Waals surface area contributed by atoms with Gasteiger partial charge < -0.3 is 9.47 Å². The van der Waals surface area contributed by atoms with Gasteiger partial charge in [0.1, 0.15) is 12.2 Å². The van der Waals surface area contributed by atoms with E-state index in [0.29, 0.717) is 37.5 Å². The molecule has 6 unspecified atom stereocenters. The molecule has 0 aromatic rings. The quantitative estimate of drug-likeness (QED) is 0.372. The third kappa shape index (κ3) is 3.14. The fourth-order valence-corrected chi connectivity index (χ4v) is 7.59. The highest BCUT2D eigenvalue weighted by Gasteiger charge is 2.63. The van der Waals surface area contributed by atoms with E-state index in [1.807, 2.05) is 0 Å². The average molecular weight is 419 g/mol. The van der Waals surface area contributed by atoms with Gasteiger partial charge in [-0.1, -0.05) is 41.5 Å². The molecule has 4 aliphatic carbocycles. The van der Waals surface area contributed by atoms with Gasteiger partial charge in [0, 0.05) is 23.7 Å². The topological polar surface area (TPSA) is 52.6 Å². The molecule has 170 valence electrons. The summed E-state index contributed by atoms with van der Waals surface area (Å²) in [5.41, 5.74) is 0.739. The first-order valence-corrected chi connectivity index (χ1v) is 12.3. The van der Waals surface area contributed by atoms with Gasteiger partial charge in [-0.3, -0.25) is 9.59 Å². The van der Waals surface area contributed by atoms with Crippen LogP contribution in [0.5, 0.6) is 0 Å². The largest absolute Gasteiger partial charge is 0.462 e. The maximum absolute atomic E-state index is 12.4. The van der Waals surface area contributed by atoms with Gasteiger partial charge in [-0.25, -0.2) is 0 Å². The van der Waals surface area contributed by atoms with E-state index >= 15 is 0 Å². The molecule has 0 aliphatic heterocycles. The fourth-order valence-electron chi connectivity index (χ4n) is 7.59. The molecule has 0 amide bonds. The van der Waals surface area contributed by atoms with Gasteiger partial charge in [0.15, 0.2) is 0 Å². The molecule has 4 saturated carbocycles. The first-order valence-electron chi connectivity index (χ1n) is 12.3. The molecule has 6 atom stereocenters. The van der Waals surface area contributed by atoms with E-state index in [9.17, 15) is 9.59 Å².